The second kappa shape index (κ2) is 5.55. The molecule has 7 nitrogen and oxygen atoms in total. The van der Waals surface area contributed by atoms with Gasteiger partial charge in [0.25, 0.3) is 0 Å². The number of sulfonamides is 1. The van der Waals surface area contributed by atoms with Gasteiger partial charge in [0, 0.05) is 13.1 Å². The lowest BCUT2D eigenvalue weighted by atomic mass is 10.3. The maximum Gasteiger partial charge on any atom is 0.329 e. The summed E-state index contributed by atoms with van der Waals surface area (Å²) in [7, 11) is -3.61. The summed E-state index contributed by atoms with van der Waals surface area (Å²) in [5, 5.41) is 8.55. The maximum absolute atomic E-state index is 12.4. The molecular formula is C12H17NO6S. The highest BCUT2D eigenvalue weighted by molar-refractivity contribution is 7.89. The smallest absolute Gasteiger partial charge is 0.329 e. The Balaban J connectivity index is 2.09. The summed E-state index contributed by atoms with van der Waals surface area (Å²) in [4.78, 5) is 10.6. The van der Waals surface area contributed by atoms with Crippen molar-refractivity contribution >= 4 is 16.0 Å². The molecule has 0 spiro atoms. The van der Waals surface area contributed by atoms with E-state index in [0.29, 0.717) is 24.5 Å². The van der Waals surface area contributed by atoms with E-state index in [1.165, 1.54) is 10.4 Å². The predicted molar refractivity (Wildman–Crippen MR) is 68.9 cm³/mol. The van der Waals surface area contributed by atoms with Crippen LogP contribution >= 0.6 is 0 Å². The van der Waals surface area contributed by atoms with Crippen molar-refractivity contribution in [1.29, 1.82) is 0 Å². The third-order valence-corrected chi connectivity index (χ3v) is 5.14. The minimum atomic E-state index is -3.61. The summed E-state index contributed by atoms with van der Waals surface area (Å²) in [6.07, 6.45) is 0.108. The number of hydrogen-bond donors (Lipinski definition) is 1. The molecular weight excluding hydrogens is 286 g/mol. The molecule has 1 saturated heterocycles. The molecule has 1 atom stereocenters. The van der Waals surface area contributed by atoms with Crippen molar-refractivity contribution in [3.05, 3.63) is 17.6 Å². The Bertz CT molecular complexity index is 605. The molecule has 2 heterocycles. The van der Waals surface area contributed by atoms with Crippen molar-refractivity contribution in [3.8, 4) is 0 Å². The Kier molecular flexibility index (Phi) is 4.17. The lowest BCUT2D eigenvalue weighted by molar-refractivity contribution is -0.144. The molecule has 0 amide bonds. The van der Waals surface area contributed by atoms with E-state index in [4.69, 9.17) is 14.3 Å². The maximum atomic E-state index is 12.4. The lowest BCUT2D eigenvalue weighted by Crippen LogP contribution is -2.31. The molecule has 112 valence electrons. The van der Waals surface area contributed by atoms with Gasteiger partial charge in [0.15, 0.2) is 0 Å². The van der Waals surface area contributed by atoms with Crippen LogP contribution in [0.25, 0.3) is 0 Å². The molecule has 0 aromatic carbocycles. The van der Waals surface area contributed by atoms with Crippen LogP contribution in [0, 0.1) is 13.8 Å². The Hall–Kier alpha value is -1.38. The lowest BCUT2D eigenvalue weighted by Gasteiger charge is -2.15. The number of hydrogen-bond acceptors (Lipinski definition) is 5. The second-order valence-electron chi connectivity index (χ2n) is 4.76. The average molecular weight is 303 g/mol. The molecule has 0 unspecified atom stereocenters. The van der Waals surface area contributed by atoms with Crippen molar-refractivity contribution in [2.75, 3.05) is 19.7 Å². The van der Waals surface area contributed by atoms with Crippen LogP contribution in [0.15, 0.2) is 15.4 Å². The Morgan fingerprint density at radius 1 is 1.55 bits per heavy atom. The van der Waals surface area contributed by atoms with Crippen LogP contribution < -0.4 is 0 Å². The Labute approximate surface area is 117 Å². The summed E-state index contributed by atoms with van der Waals surface area (Å²) in [5.74, 6) is -0.163. The first-order valence-electron chi connectivity index (χ1n) is 6.21. The summed E-state index contributed by atoms with van der Waals surface area (Å²) in [6.45, 7) is 3.36. The fourth-order valence-corrected chi connectivity index (χ4v) is 3.95. The van der Waals surface area contributed by atoms with Gasteiger partial charge in [0.1, 0.15) is 23.0 Å². The predicted octanol–water partition coefficient (Wildman–Crippen LogP) is 0.761. The minimum absolute atomic E-state index is 0.161. The van der Waals surface area contributed by atoms with Crippen molar-refractivity contribution in [1.82, 2.24) is 4.31 Å². The standard InChI is InChI=1S/C12H17NO6S/c1-8-5-11(9(2)19-8)20(16,17)13-4-3-10(6-13)18-7-12(14)15/h5,10H,3-4,6-7H2,1-2H3,(H,14,15)/t10-/m0/s1. The SMILES string of the molecule is Cc1cc(S(=O)(=O)N2CC[C@H](OCC(=O)O)C2)c(C)o1. The molecule has 0 bridgehead atoms. The zero-order chi connectivity index (χ0) is 14.9. The van der Waals surface area contributed by atoms with Gasteiger partial charge >= 0.3 is 5.97 Å². The average Bonchev–Trinajstić information content (AvgIpc) is 2.93. The molecule has 1 N–H and O–H groups in total. The molecule has 1 aliphatic rings. The monoisotopic (exact) mass is 303 g/mol. The minimum Gasteiger partial charge on any atom is -0.480 e. The quantitative estimate of drug-likeness (QED) is 0.862. The molecule has 8 heteroatoms. The number of carboxylic acid groups (broad SMARTS) is 1. The van der Waals surface area contributed by atoms with Gasteiger partial charge < -0.3 is 14.3 Å². The number of ether oxygens (including phenoxy) is 1. The highest BCUT2D eigenvalue weighted by Crippen LogP contribution is 2.26. The van der Waals surface area contributed by atoms with Crippen LogP contribution in [0.5, 0.6) is 0 Å². The normalized spacial score (nSPS) is 20.4. The fourth-order valence-electron chi connectivity index (χ4n) is 2.24. The van der Waals surface area contributed by atoms with E-state index < -0.39 is 22.6 Å². The van der Waals surface area contributed by atoms with E-state index >= 15 is 0 Å². The van der Waals surface area contributed by atoms with Crippen molar-refractivity contribution < 1.29 is 27.5 Å². The molecule has 1 aromatic heterocycles. The van der Waals surface area contributed by atoms with Crippen LogP contribution in [0.1, 0.15) is 17.9 Å². The van der Waals surface area contributed by atoms with Crippen molar-refractivity contribution in [2.45, 2.75) is 31.3 Å². The number of rotatable bonds is 5. The fraction of sp³-hybridized carbons (Fsp3) is 0.583. The van der Waals surface area contributed by atoms with E-state index in [1.807, 2.05) is 0 Å². The summed E-state index contributed by atoms with van der Waals surface area (Å²) in [5.41, 5.74) is 0. The second-order valence-corrected chi connectivity index (χ2v) is 6.66. The number of aliphatic carboxylic acids is 1. The first kappa shape index (κ1) is 15.0. The topological polar surface area (TPSA) is 97.0 Å². The van der Waals surface area contributed by atoms with E-state index in [-0.39, 0.29) is 17.5 Å². The van der Waals surface area contributed by atoms with Gasteiger partial charge in [-0.25, -0.2) is 13.2 Å². The van der Waals surface area contributed by atoms with E-state index in [2.05, 4.69) is 0 Å². The van der Waals surface area contributed by atoms with Gasteiger partial charge in [-0.05, 0) is 26.3 Å². The number of carboxylic acids is 1. The van der Waals surface area contributed by atoms with Gasteiger partial charge in [0.05, 0.1) is 6.10 Å². The highest BCUT2D eigenvalue weighted by atomic mass is 32.2. The molecule has 1 aliphatic heterocycles. The molecule has 1 fully saturated rings. The molecule has 2 rings (SSSR count). The molecule has 0 saturated carbocycles. The summed E-state index contributed by atoms with van der Waals surface area (Å²) < 4.78 is 36.6. The number of nitrogens with zero attached hydrogens (tertiary/aromatic N) is 1. The van der Waals surface area contributed by atoms with Gasteiger partial charge in [0.2, 0.25) is 10.0 Å². The summed E-state index contributed by atoms with van der Waals surface area (Å²) in [6, 6.07) is 1.50. The molecule has 1 aromatic rings. The Morgan fingerprint density at radius 3 is 2.80 bits per heavy atom. The molecule has 20 heavy (non-hydrogen) atoms. The van der Waals surface area contributed by atoms with Crippen LogP contribution in [-0.4, -0.2) is 49.6 Å². The molecule has 0 aliphatic carbocycles. The molecule has 0 radical (unpaired) electrons. The van der Waals surface area contributed by atoms with E-state index in [9.17, 15) is 13.2 Å². The van der Waals surface area contributed by atoms with E-state index in [1.54, 1.807) is 13.8 Å². The number of carbonyl (C=O) groups is 1. The highest BCUT2D eigenvalue weighted by Gasteiger charge is 2.35. The zero-order valence-electron chi connectivity index (χ0n) is 11.3. The first-order valence-corrected chi connectivity index (χ1v) is 7.65. The van der Waals surface area contributed by atoms with Gasteiger partial charge in [-0.3, -0.25) is 0 Å². The van der Waals surface area contributed by atoms with Crippen molar-refractivity contribution in [2.24, 2.45) is 0 Å². The summed E-state index contributed by atoms with van der Waals surface area (Å²) >= 11 is 0. The zero-order valence-corrected chi connectivity index (χ0v) is 12.1. The number of furan rings is 1. The third-order valence-electron chi connectivity index (χ3n) is 3.16. The van der Waals surface area contributed by atoms with Gasteiger partial charge in [-0.1, -0.05) is 0 Å². The largest absolute Gasteiger partial charge is 0.480 e. The van der Waals surface area contributed by atoms with Gasteiger partial charge in [-0.2, -0.15) is 4.31 Å². The van der Waals surface area contributed by atoms with Gasteiger partial charge in [-0.15, -0.1) is 0 Å². The van der Waals surface area contributed by atoms with Crippen molar-refractivity contribution in [3.63, 3.8) is 0 Å². The van der Waals surface area contributed by atoms with Crippen LogP contribution in [-0.2, 0) is 19.6 Å². The van der Waals surface area contributed by atoms with E-state index in [0.717, 1.165) is 0 Å². The van der Waals surface area contributed by atoms with Crippen LogP contribution in [0.3, 0.4) is 0 Å². The van der Waals surface area contributed by atoms with Crippen LogP contribution in [0.2, 0.25) is 0 Å². The Morgan fingerprint density at radius 2 is 2.25 bits per heavy atom. The first-order chi connectivity index (χ1) is 9.30. The van der Waals surface area contributed by atoms with Crippen LogP contribution in [0.4, 0.5) is 0 Å². The third kappa shape index (κ3) is 3.02. The number of aryl methyl sites for hydroxylation is 2.